The second kappa shape index (κ2) is 6.31. The fourth-order valence-corrected chi connectivity index (χ4v) is 1.88. The van der Waals surface area contributed by atoms with Gasteiger partial charge in [-0.05, 0) is 18.6 Å². The summed E-state index contributed by atoms with van der Waals surface area (Å²) in [6.07, 6.45) is 2.08. The number of carbonyl (C=O) groups excluding carboxylic acids is 1. The summed E-state index contributed by atoms with van der Waals surface area (Å²) in [4.78, 5) is 22.5. The predicted octanol–water partition coefficient (Wildman–Crippen LogP) is 2.50. The smallest absolute Gasteiger partial charge is 0.287 e. The summed E-state index contributed by atoms with van der Waals surface area (Å²) in [6, 6.07) is 4.21. The van der Waals surface area contributed by atoms with Crippen LogP contribution in [0.3, 0.4) is 0 Å². The van der Waals surface area contributed by atoms with Gasteiger partial charge in [0.2, 0.25) is 0 Å². The SMILES string of the molecule is CCCn1cc([N+](=O)[O-])cc1C(=O)Nc1ccc(Cl)nn1. The molecular formula is C12H12ClN5O3. The molecule has 1 N–H and O–H groups in total. The van der Waals surface area contributed by atoms with Crippen molar-refractivity contribution in [2.75, 3.05) is 5.32 Å². The summed E-state index contributed by atoms with van der Waals surface area (Å²) in [5.41, 5.74) is 0.0658. The van der Waals surface area contributed by atoms with Gasteiger partial charge in [0.25, 0.3) is 11.6 Å². The van der Waals surface area contributed by atoms with E-state index in [2.05, 4.69) is 15.5 Å². The third kappa shape index (κ3) is 3.54. The van der Waals surface area contributed by atoms with Crippen LogP contribution in [0, 0.1) is 10.1 Å². The van der Waals surface area contributed by atoms with Crippen LogP contribution >= 0.6 is 11.6 Å². The van der Waals surface area contributed by atoms with Gasteiger partial charge in [-0.15, -0.1) is 10.2 Å². The van der Waals surface area contributed by atoms with Crippen LogP contribution < -0.4 is 5.32 Å². The molecule has 0 fully saturated rings. The Kier molecular flexibility index (Phi) is 4.49. The van der Waals surface area contributed by atoms with Crippen molar-refractivity contribution in [1.82, 2.24) is 14.8 Å². The lowest BCUT2D eigenvalue weighted by Crippen LogP contribution is -2.17. The first-order valence-electron chi connectivity index (χ1n) is 6.16. The molecule has 110 valence electrons. The van der Waals surface area contributed by atoms with E-state index in [1.807, 2.05) is 6.92 Å². The van der Waals surface area contributed by atoms with Crippen LogP contribution in [-0.2, 0) is 6.54 Å². The number of hydrogen-bond acceptors (Lipinski definition) is 5. The van der Waals surface area contributed by atoms with Crippen molar-refractivity contribution in [3.05, 3.63) is 45.4 Å². The summed E-state index contributed by atoms with van der Waals surface area (Å²) in [5.74, 6) is -0.274. The molecule has 2 rings (SSSR count). The lowest BCUT2D eigenvalue weighted by atomic mass is 10.3. The van der Waals surface area contributed by atoms with Gasteiger partial charge >= 0.3 is 0 Å². The third-order valence-corrected chi connectivity index (χ3v) is 2.87. The molecule has 0 aliphatic heterocycles. The average molecular weight is 310 g/mol. The third-order valence-electron chi connectivity index (χ3n) is 2.66. The number of nitrogens with zero attached hydrogens (tertiary/aromatic N) is 4. The molecular weight excluding hydrogens is 298 g/mol. The van der Waals surface area contributed by atoms with E-state index in [0.717, 1.165) is 6.42 Å². The van der Waals surface area contributed by atoms with Crippen LogP contribution in [0.4, 0.5) is 11.5 Å². The number of aryl methyl sites for hydroxylation is 1. The second-order valence-corrected chi connectivity index (χ2v) is 4.62. The van der Waals surface area contributed by atoms with Gasteiger partial charge < -0.3 is 9.88 Å². The molecule has 0 radical (unpaired) electrons. The maximum absolute atomic E-state index is 12.2. The van der Waals surface area contributed by atoms with Crippen LogP contribution in [-0.4, -0.2) is 25.6 Å². The van der Waals surface area contributed by atoms with E-state index < -0.39 is 10.8 Å². The van der Waals surface area contributed by atoms with Crippen molar-refractivity contribution in [3.8, 4) is 0 Å². The molecule has 1 amide bonds. The molecule has 8 nitrogen and oxygen atoms in total. The molecule has 0 bridgehead atoms. The second-order valence-electron chi connectivity index (χ2n) is 4.23. The number of amides is 1. The van der Waals surface area contributed by atoms with Crippen molar-refractivity contribution < 1.29 is 9.72 Å². The fourth-order valence-electron chi connectivity index (χ4n) is 1.77. The first-order valence-corrected chi connectivity index (χ1v) is 6.54. The highest BCUT2D eigenvalue weighted by molar-refractivity contribution is 6.29. The number of rotatable bonds is 5. The van der Waals surface area contributed by atoms with E-state index in [-0.39, 0.29) is 22.4 Å². The Hall–Kier alpha value is -2.48. The zero-order valence-electron chi connectivity index (χ0n) is 11.1. The first kappa shape index (κ1) is 14.9. The molecule has 0 aliphatic carbocycles. The number of nitro groups is 1. The Morgan fingerprint density at radius 1 is 1.48 bits per heavy atom. The monoisotopic (exact) mass is 309 g/mol. The summed E-state index contributed by atoms with van der Waals surface area (Å²) >= 11 is 5.60. The van der Waals surface area contributed by atoms with Gasteiger partial charge in [0.15, 0.2) is 11.0 Å². The molecule has 0 spiro atoms. The minimum atomic E-state index is -0.537. The van der Waals surface area contributed by atoms with Gasteiger partial charge in [-0.3, -0.25) is 14.9 Å². The van der Waals surface area contributed by atoms with Crippen LogP contribution in [0.2, 0.25) is 5.15 Å². The standard InChI is InChI=1S/C12H12ClN5O3/c1-2-5-17-7-8(18(20)21)6-9(17)12(19)14-11-4-3-10(13)15-16-11/h3-4,6-7H,2,5H2,1H3,(H,14,16,19). The van der Waals surface area contributed by atoms with Crippen molar-refractivity contribution in [3.63, 3.8) is 0 Å². The van der Waals surface area contributed by atoms with Crippen molar-refractivity contribution in [2.24, 2.45) is 0 Å². The Bertz CT molecular complexity index is 668. The highest BCUT2D eigenvalue weighted by Crippen LogP contribution is 2.18. The number of carbonyl (C=O) groups is 1. The molecule has 2 aromatic rings. The molecule has 0 unspecified atom stereocenters. The molecule has 0 aliphatic rings. The number of aromatic nitrogens is 3. The van der Waals surface area contributed by atoms with Gasteiger partial charge in [-0.2, -0.15) is 0 Å². The average Bonchev–Trinajstić information content (AvgIpc) is 2.86. The Morgan fingerprint density at radius 3 is 2.81 bits per heavy atom. The Labute approximate surface area is 124 Å². The molecule has 0 saturated heterocycles. The summed E-state index contributed by atoms with van der Waals surface area (Å²) in [6.45, 7) is 2.42. The number of halogens is 1. The number of anilines is 1. The summed E-state index contributed by atoms with van der Waals surface area (Å²) in [5, 5.41) is 20.8. The zero-order valence-corrected chi connectivity index (χ0v) is 11.9. The highest BCUT2D eigenvalue weighted by atomic mass is 35.5. The van der Waals surface area contributed by atoms with Crippen LogP contribution in [0.25, 0.3) is 0 Å². The van der Waals surface area contributed by atoms with Crippen LogP contribution in [0.15, 0.2) is 24.4 Å². The topological polar surface area (TPSA) is 103 Å². The van der Waals surface area contributed by atoms with E-state index in [9.17, 15) is 14.9 Å². The quantitative estimate of drug-likeness (QED) is 0.675. The zero-order chi connectivity index (χ0) is 15.4. The predicted molar refractivity (Wildman–Crippen MR) is 76.4 cm³/mol. The normalized spacial score (nSPS) is 10.4. The largest absolute Gasteiger partial charge is 0.337 e. The van der Waals surface area contributed by atoms with Crippen molar-refractivity contribution >= 4 is 29.0 Å². The lowest BCUT2D eigenvalue weighted by molar-refractivity contribution is -0.384. The molecule has 0 atom stereocenters. The Morgan fingerprint density at radius 2 is 2.24 bits per heavy atom. The lowest BCUT2D eigenvalue weighted by Gasteiger charge is -2.07. The molecule has 0 saturated carbocycles. The minimum Gasteiger partial charge on any atom is -0.337 e. The van der Waals surface area contributed by atoms with Gasteiger partial charge in [0, 0.05) is 12.6 Å². The Balaban J connectivity index is 2.25. The molecule has 9 heteroatoms. The number of nitrogens with one attached hydrogen (secondary N) is 1. The fraction of sp³-hybridized carbons (Fsp3) is 0.250. The molecule has 2 aromatic heterocycles. The van der Waals surface area contributed by atoms with E-state index in [0.29, 0.717) is 6.54 Å². The van der Waals surface area contributed by atoms with E-state index in [1.54, 1.807) is 0 Å². The van der Waals surface area contributed by atoms with Gasteiger partial charge in [-0.1, -0.05) is 18.5 Å². The number of hydrogen-bond donors (Lipinski definition) is 1. The molecule has 21 heavy (non-hydrogen) atoms. The highest BCUT2D eigenvalue weighted by Gasteiger charge is 2.19. The van der Waals surface area contributed by atoms with E-state index >= 15 is 0 Å². The van der Waals surface area contributed by atoms with Gasteiger partial charge in [0.05, 0.1) is 11.1 Å². The van der Waals surface area contributed by atoms with E-state index in [1.165, 1.54) is 29.0 Å². The molecule has 2 heterocycles. The minimum absolute atomic E-state index is 0.129. The summed E-state index contributed by atoms with van der Waals surface area (Å²) in [7, 11) is 0. The van der Waals surface area contributed by atoms with E-state index in [4.69, 9.17) is 11.6 Å². The first-order chi connectivity index (χ1) is 10.0. The van der Waals surface area contributed by atoms with Crippen molar-refractivity contribution in [1.29, 1.82) is 0 Å². The van der Waals surface area contributed by atoms with Crippen LogP contribution in [0.1, 0.15) is 23.8 Å². The van der Waals surface area contributed by atoms with Crippen LogP contribution in [0.5, 0.6) is 0 Å². The molecule has 0 aromatic carbocycles. The maximum atomic E-state index is 12.2. The van der Waals surface area contributed by atoms with Gasteiger partial charge in [0.1, 0.15) is 5.69 Å². The van der Waals surface area contributed by atoms with Gasteiger partial charge in [-0.25, -0.2) is 0 Å². The maximum Gasteiger partial charge on any atom is 0.287 e. The summed E-state index contributed by atoms with van der Waals surface area (Å²) < 4.78 is 1.54. The van der Waals surface area contributed by atoms with Crippen molar-refractivity contribution in [2.45, 2.75) is 19.9 Å².